The molecule has 4 aromatic rings. The average molecular weight is 547 g/mol. The summed E-state index contributed by atoms with van der Waals surface area (Å²) in [5, 5.41) is 8.93. The van der Waals surface area contributed by atoms with Crippen LogP contribution in [0, 0.1) is 5.95 Å². The zero-order chi connectivity index (χ0) is 26.6. The predicted octanol–water partition coefficient (Wildman–Crippen LogP) is 5.25. The van der Waals surface area contributed by atoms with Crippen LogP contribution in [0.25, 0.3) is 0 Å². The summed E-state index contributed by atoms with van der Waals surface area (Å²) in [6.07, 6.45) is 7.78. The maximum absolute atomic E-state index is 13.5. The van der Waals surface area contributed by atoms with Gasteiger partial charge in [-0.25, -0.2) is 9.97 Å². The molecule has 10 heteroatoms. The first-order valence-corrected chi connectivity index (χ1v) is 14.3. The molecule has 0 radical (unpaired) electrons. The number of halogens is 1. The lowest BCUT2D eigenvalue weighted by molar-refractivity contribution is 0.101. The molecule has 2 unspecified atom stereocenters. The van der Waals surface area contributed by atoms with E-state index in [1.165, 1.54) is 23.6 Å². The van der Waals surface area contributed by atoms with Crippen LogP contribution in [0.15, 0.2) is 66.3 Å². The van der Waals surface area contributed by atoms with Gasteiger partial charge in [-0.05, 0) is 86.3 Å². The number of rotatable bonds is 8. The third kappa shape index (κ3) is 5.97. The molecule has 2 saturated heterocycles. The number of hydrogen-bond acceptors (Lipinski definition) is 7. The van der Waals surface area contributed by atoms with Gasteiger partial charge in [-0.15, -0.1) is 11.3 Å². The van der Waals surface area contributed by atoms with Crippen molar-refractivity contribution < 1.29 is 13.9 Å². The first-order valence-electron chi connectivity index (χ1n) is 13.4. The van der Waals surface area contributed by atoms with E-state index in [1.807, 2.05) is 5.38 Å². The summed E-state index contributed by atoms with van der Waals surface area (Å²) in [6.45, 7) is 3.30. The summed E-state index contributed by atoms with van der Waals surface area (Å²) in [7, 11) is 0. The summed E-state index contributed by atoms with van der Waals surface area (Å²) in [6, 6.07) is 15.2. The summed E-state index contributed by atoms with van der Waals surface area (Å²) < 4.78 is 21.4. The molecule has 0 aliphatic carbocycles. The van der Waals surface area contributed by atoms with Crippen LogP contribution in [0.3, 0.4) is 0 Å². The number of anilines is 2. The van der Waals surface area contributed by atoms with E-state index >= 15 is 0 Å². The van der Waals surface area contributed by atoms with Gasteiger partial charge in [0, 0.05) is 43.1 Å². The van der Waals surface area contributed by atoms with Crippen molar-refractivity contribution in [1.29, 1.82) is 0 Å². The summed E-state index contributed by atoms with van der Waals surface area (Å²) >= 11 is 1.43. The topological polar surface area (TPSA) is 84.3 Å². The van der Waals surface area contributed by atoms with E-state index in [-0.39, 0.29) is 18.1 Å². The van der Waals surface area contributed by atoms with Crippen molar-refractivity contribution in [2.75, 3.05) is 29.9 Å². The van der Waals surface area contributed by atoms with Crippen LogP contribution in [0.5, 0.6) is 5.75 Å². The normalized spacial score (nSPS) is 19.3. The Morgan fingerprint density at radius 1 is 1.18 bits per heavy atom. The van der Waals surface area contributed by atoms with Crippen molar-refractivity contribution >= 4 is 28.1 Å². The number of piperidine rings is 1. The number of ether oxygens (including phenoxy) is 1. The minimum atomic E-state index is -0.539. The third-order valence-corrected chi connectivity index (χ3v) is 8.04. The Balaban J connectivity index is 1.10. The molecular formula is C29H31FN6O2S. The van der Waals surface area contributed by atoms with E-state index in [4.69, 9.17) is 9.72 Å². The number of hydrogen-bond donors (Lipinski definition) is 2. The van der Waals surface area contributed by atoms with Gasteiger partial charge in [0.25, 0.3) is 5.91 Å². The highest BCUT2D eigenvalue weighted by atomic mass is 32.1. The molecule has 0 saturated carbocycles. The zero-order valence-corrected chi connectivity index (χ0v) is 22.4. The third-order valence-electron chi connectivity index (χ3n) is 7.27. The van der Waals surface area contributed by atoms with Crippen molar-refractivity contribution in [3.05, 3.63) is 89.2 Å². The standard InChI is InChI=1S/C29H31FN6O2S/c30-27-16-20(11-13-32-27)18-35-14-2-6-26(35)28(37)34-29-33-24(19-39-29)25-5-3-15-36(25)21-7-9-22(10-8-21)38-23-4-1-12-31-17-23/h2,6-11,13-14,16,19,23,25,31H,1,3-5,12,15,17-18H2,(H,33,34,37). The number of aromatic nitrogens is 3. The van der Waals surface area contributed by atoms with Crippen molar-refractivity contribution in [2.45, 2.75) is 44.4 Å². The minimum Gasteiger partial charge on any atom is -0.489 e. The van der Waals surface area contributed by atoms with Gasteiger partial charge in [-0.1, -0.05) is 0 Å². The monoisotopic (exact) mass is 546 g/mol. The number of nitrogens with one attached hydrogen (secondary N) is 2. The molecule has 2 N–H and O–H groups in total. The van der Waals surface area contributed by atoms with Gasteiger partial charge in [-0.3, -0.25) is 10.1 Å². The Bertz CT molecular complexity index is 1420. The number of thiazole rings is 1. The highest BCUT2D eigenvalue weighted by Crippen LogP contribution is 2.38. The van der Waals surface area contributed by atoms with Crippen molar-refractivity contribution in [3.8, 4) is 5.75 Å². The minimum absolute atomic E-state index is 0.159. The number of benzene rings is 1. The van der Waals surface area contributed by atoms with E-state index in [0.717, 1.165) is 68.0 Å². The van der Waals surface area contributed by atoms with Crippen molar-refractivity contribution in [3.63, 3.8) is 0 Å². The predicted molar refractivity (Wildman–Crippen MR) is 150 cm³/mol. The van der Waals surface area contributed by atoms with Gasteiger partial charge in [0.1, 0.15) is 17.5 Å². The SMILES string of the molecule is O=C(Nc1nc(C2CCCN2c2ccc(OC3CCCNC3)cc2)cs1)c1cccn1Cc1ccnc(F)c1. The largest absolute Gasteiger partial charge is 0.489 e. The fraction of sp³-hybridized carbons (Fsp3) is 0.345. The number of carbonyl (C=O) groups excluding carboxylic acids is 1. The van der Waals surface area contributed by atoms with Gasteiger partial charge < -0.3 is 19.5 Å². The van der Waals surface area contributed by atoms with Gasteiger partial charge in [0.2, 0.25) is 5.95 Å². The lowest BCUT2D eigenvalue weighted by atomic mass is 10.1. The second-order valence-corrected chi connectivity index (χ2v) is 10.8. The van der Waals surface area contributed by atoms with Crippen LogP contribution < -0.4 is 20.3 Å². The number of pyridine rings is 1. The van der Waals surface area contributed by atoms with Gasteiger partial charge in [0.05, 0.1) is 11.7 Å². The van der Waals surface area contributed by atoms with E-state index in [0.29, 0.717) is 17.4 Å². The Hall–Kier alpha value is -3.76. The van der Waals surface area contributed by atoms with E-state index < -0.39 is 5.95 Å². The van der Waals surface area contributed by atoms with E-state index in [1.54, 1.807) is 29.0 Å². The van der Waals surface area contributed by atoms with Crippen LogP contribution in [0.1, 0.15) is 53.5 Å². The average Bonchev–Trinajstić information content (AvgIpc) is 3.71. The molecule has 8 nitrogen and oxygen atoms in total. The Labute approximate surface area is 230 Å². The fourth-order valence-electron chi connectivity index (χ4n) is 5.37. The number of carbonyl (C=O) groups is 1. The summed E-state index contributed by atoms with van der Waals surface area (Å²) in [5.41, 5.74) is 3.33. The van der Waals surface area contributed by atoms with Crippen molar-refractivity contribution in [1.82, 2.24) is 19.9 Å². The fourth-order valence-corrected chi connectivity index (χ4v) is 6.12. The summed E-state index contributed by atoms with van der Waals surface area (Å²) in [5.74, 6) is 0.117. The molecule has 2 aliphatic rings. The molecule has 202 valence electrons. The molecule has 0 bridgehead atoms. The molecule has 1 amide bonds. The highest BCUT2D eigenvalue weighted by molar-refractivity contribution is 7.14. The number of amides is 1. The van der Waals surface area contributed by atoms with Crippen LogP contribution in [-0.2, 0) is 6.54 Å². The number of nitrogens with zero attached hydrogens (tertiary/aromatic N) is 4. The maximum atomic E-state index is 13.5. The molecule has 0 spiro atoms. The molecule has 5 heterocycles. The zero-order valence-electron chi connectivity index (χ0n) is 21.6. The molecule has 1 aromatic carbocycles. The summed E-state index contributed by atoms with van der Waals surface area (Å²) in [4.78, 5) is 23.8. The van der Waals surface area contributed by atoms with Gasteiger partial charge >= 0.3 is 0 Å². The Morgan fingerprint density at radius 3 is 2.90 bits per heavy atom. The molecule has 2 fully saturated rings. The first kappa shape index (κ1) is 25.5. The molecule has 6 rings (SSSR count). The van der Waals surface area contributed by atoms with Gasteiger partial charge in [0.15, 0.2) is 5.13 Å². The second kappa shape index (κ2) is 11.5. The smallest absolute Gasteiger partial charge is 0.274 e. The lowest BCUT2D eigenvalue weighted by Gasteiger charge is -2.27. The molecule has 2 atom stereocenters. The van der Waals surface area contributed by atoms with E-state index in [2.05, 4.69) is 44.8 Å². The Morgan fingerprint density at radius 2 is 2.08 bits per heavy atom. The first-order chi connectivity index (χ1) is 19.1. The quantitative estimate of drug-likeness (QED) is 0.294. The maximum Gasteiger partial charge on any atom is 0.274 e. The van der Waals surface area contributed by atoms with Gasteiger partial charge in [-0.2, -0.15) is 4.39 Å². The van der Waals surface area contributed by atoms with Crippen LogP contribution in [0.4, 0.5) is 15.2 Å². The van der Waals surface area contributed by atoms with Crippen LogP contribution >= 0.6 is 11.3 Å². The molecular weight excluding hydrogens is 515 g/mol. The second-order valence-electron chi connectivity index (χ2n) is 9.97. The lowest BCUT2D eigenvalue weighted by Crippen LogP contribution is -2.37. The van der Waals surface area contributed by atoms with Crippen molar-refractivity contribution in [2.24, 2.45) is 0 Å². The molecule has 39 heavy (non-hydrogen) atoms. The van der Waals surface area contributed by atoms with Crippen LogP contribution in [-0.4, -0.2) is 46.2 Å². The van der Waals surface area contributed by atoms with Crippen LogP contribution in [0.2, 0.25) is 0 Å². The highest BCUT2D eigenvalue weighted by Gasteiger charge is 2.29. The van der Waals surface area contributed by atoms with E-state index in [9.17, 15) is 9.18 Å². The molecule has 3 aromatic heterocycles. The molecule has 2 aliphatic heterocycles. The Kier molecular flexibility index (Phi) is 7.55.